The van der Waals surface area contributed by atoms with Crippen molar-refractivity contribution in [1.29, 1.82) is 0 Å². The van der Waals surface area contributed by atoms with E-state index in [1.54, 1.807) is 16.1 Å². The van der Waals surface area contributed by atoms with E-state index >= 15 is 0 Å². The van der Waals surface area contributed by atoms with Gasteiger partial charge in [0.05, 0.1) is 41.4 Å². The monoisotopic (exact) mass is 680 g/mol. The Labute approximate surface area is 266 Å². The average molecular weight is 682 g/mol. The molecular weight excluding hydrogens is 649 g/mol. The number of hydrogen-bond acceptors (Lipinski definition) is 4. The molecule has 3 atom stereocenters. The van der Waals surface area contributed by atoms with Crippen LogP contribution >= 0.6 is 15.9 Å². The lowest BCUT2D eigenvalue weighted by molar-refractivity contribution is -0.138. The zero-order valence-electron chi connectivity index (χ0n) is 24.8. The SMILES string of the molecule is Cc1[nH]cnc1-c1ccc(N2C(=O)C3C[C@@H](C)N(C(=O)c4ccc(Br)c(C(F)(F)F)c4)CC3n3ncc(CC4CCC4)c32)cc1. The van der Waals surface area contributed by atoms with E-state index < -0.39 is 29.6 Å². The van der Waals surface area contributed by atoms with Crippen molar-refractivity contribution in [3.63, 3.8) is 0 Å². The fourth-order valence-electron chi connectivity index (χ4n) is 6.97. The molecule has 0 radical (unpaired) electrons. The Morgan fingerprint density at radius 2 is 1.89 bits per heavy atom. The molecule has 1 N–H and O–H groups in total. The first-order valence-corrected chi connectivity index (χ1v) is 16.0. The number of H-pyrrole nitrogens is 1. The van der Waals surface area contributed by atoms with Crippen molar-refractivity contribution in [2.24, 2.45) is 11.8 Å². The molecule has 12 heteroatoms. The maximum absolute atomic E-state index is 14.4. The van der Waals surface area contributed by atoms with E-state index in [0.29, 0.717) is 18.2 Å². The summed E-state index contributed by atoms with van der Waals surface area (Å²) in [7, 11) is 0. The molecule has 234 valence electrons. The molecular formula is C33H32BrF3N6O2. The van der Waals surface area contributed by atoms with Gasteiger partial charge in [0.2, 0.25) is 5.91 Å². The summed E-state index contributed by atoms with van der Waals surface area (Å²) in [5, 5.41) is 4.80. The summed E-state index contributed by atoms with van der Waals surface area (Å²) in [6.45, 7) is 3.97. The molecule has 2 fully saturated rings. The van der Waals surface area contributed by atoms with Gasteiger partial charge >= 0.3 is 6.18 Å². The Morgan fingerprint density at radius 3 is 2.53 bits per heavy atom. The number of aryl methyl sites for hydroxylation is 1. The van der Waals surface area contributed by atoms with Crippen LogP contribution in [-0.2, 0) is 17.4 Å². The van der Waals surface area contributed by atoms with Crippen molar-refractivity contribution in [2.45, 2.75) is 64.2 Å². The summed E-state index contributed by atoms with van der Waals surface area (Å²) < 4.78 is 42.7. The molecule has 0 bridgehead atoms. The molecule has 2 aromatic carbocycles. The van der Waals surface area contributed by atoms with Crippen molar-refractivity contribution in [1.82, 2.24) is 24.6 Å². The van der Waals surface area contributed by atoms with E-state index in [0.717, 1.165) is 53.5 Å². The zero-order chi connectivity index (χ0) is 31.6. The lowest BCUT2D eigenvalue weighted by Crippen LogP contribution is -2.56. The van der Waals surface area contributed by atoms with E-state index in [4.69, 9.17) is 5.10 Å². The number of amides is 2. The van der Waals surface area contributed by atoms with Crippen LogP contribution in [0.3, 0.4) is 0 Å². The summed E-state index contributed by atoms with van der Waals surface area (Å²) in [5.41, 5.74) is 3.51. The number of carbonyl (C=O) groups is 2. The van der Waals surface area contributed by atoms with Gasteiger partial charge in [-0.05, 0) is 62.9 Å². The van der Waals surface area contributed by atoms with Gasteiger partial charge in [0.15, 0.2) is 0 Å². The summed E-state index contributed by atoms with van der Waals surface area (Å²) >= 11 is 2.96. The number of anilines is 2. The van der Waals surface area contributed by atoms with Crippen LogP contribution < -0.4 is 4.90 Å². The molecule has 4 heterocycles. The number of carbonyl (C=O) groups excluding carboxylic acids is 2. The highest BCUT2D eigenvalue weighted by Gasteiger charge is 2.49. The quantitative estimate of drug-likeness (QED) is 0.237. The van der Waals surface area contributed by atoms with Crippen LogP contribution in [0.15, 0.2) is 59.5 Å². The number of alkyl halides is 3. The standard InChI is InChI=1S/C33H32BrF3N6O2/c1-18-12-25-28(16-41(18)31(44)22-8-11-27(34)26(14-22)33(35,36)37)43-30(23(15-40-43)13-20-4-3-5-20)42(32(25)45)24-9-6-21(7-10-24)29-19(2)38-17-39-29/h6-11,14-15,17-18,20,25,28H,3-5,12-13,16H2,1-2H3,(H,38,39)/t18-,25?,28?/m1/s1. The summed E-state index contributed by atoms with van der Waals surface area (Å²) in [4.78, 5) is 39.0. The summed E-state index contributed by atoms with van der Waals surface area (Å²) in [5.74, 6) is 0.219. The van der Waals surface area contributed by atoms with E-state index in [-0.39, 0.29) is 28.5 Å². The maximum atomic E-state index is 14.4. The number of nitrogens with one attached hydrogen (secondary N) is 1. The first-order valence-electron chi connectivity index (χ1n) is 15.2. The fourth-order valence-corrected chi connectivity index (χ4v) is 7.44. The minimum atomic E-state index is -4.61. The normalized spacial score (nSPS) is 21.8. The lowest BCUT2D eigenvalue weighted by Gasteiger charge is -2.47. The molecule has 2 unspecified atom stereocenters. The zero-order valence-corrected chi connectivity index (χ0v) is 26.4. The van der Waals surface area contributed by atoms with Crippen LogP contribution in [0.1, 0.15) is 65.8 Å². The number of halogens is 4. The number of aromatic amines is 1. The number of rotatable bonds is 5. The molecule has 1 aliphatic carbocycles. The Kier molecular flexibility index (Phi) is 7.37. The molecule has 2 aromatic heterocycles. The number of benzene rings is 2. The van der Waals surface area contributed by atoms with Crippen molar-refractivity contribution >= 4 is 39.2 Å². The van der Waals surface area contributed by atoms with Gasteiger partial charge in [-0.25, -0.2) is 9.67 Å². The third-order valence-electron chi connectivity index (χ3n) is 9.62. The number of aromatic nitrogens is 4. The van der Waals surface area contributed by atoms with Gasteiger partial charge in [0, 0.05) is 39.4 Å². The van der Waals surface area contributed by atoms with E-state index in [1.807, 2.05) is 49.0 Å². The van der Waals surface area contributed by atoms with Crippen LogP contribution in [0.25, 0.3) is 11.3 Å². The Hall–Kier alpha value is -3.93. The van der Waals surface area contributed by atoms with E-state index in [2.05, 4.69) is 25.9 Å². The minimum absolute atomic E-state index is 0.0433. The van der Waals surface area contributed by atoms with Gasteiger partial charge in [0.25, 0.3) is 5.91 Å². The van der Waals surface area contributed by atoms with Crippen molar-refractivity contribution in [3.05, 3.63) is 81.8 Å². The van der Waals surface area contributed by atoms with Crippen LogP contribution in [-0.4, -0.2) is 49.0 Å². The van der Waals surface area contributed by atoms with Crippen molar-refractivity contribution in [3.8, 4) is 11.3 Å². The molecule has 4 aromatic rings. The topological polar surface area (TPSA) is 87.1 Å². The number of piperidine rings is 1. The van der Waals surface area contributed by atoms with Gasteiger partial charge in [0.1, 0.15) is 5.82 Å². The second-order valence-corrected chi connectivity index (χ2v) is 13.3. The highest BCUT2D eigenvalue weighted by molar-refractivity contribution is 9.10. The predicted octanol–water partition coefficient (Wildman–Crippen LogP) is 7.48. The molecule has 2 aliphatic heterocycles. The molecule has 8 nitrogen and oxygen atoms in total. The lowest BCUT2D eigenvalue weighted by atomic mass is 9.80. The molecule has 1 saturated carbocycles. The largest absolute Gasteiger partial charge is 0.417 e. The Bertz CT molecular complexity index is 1780. The molecule has 7 rings (SSSR count). The second-order valence-electron chi connectivity index (χ2n) is 12.4. The third-order valence-corrected chi connectivity index (χ3v) is 10.3. The van der Waals surface area contributed by atoms with E-state index in [9.17, 15) is 22.8 Å². The third kappa shape index (κ3) is 5.16. The van der Waals surface area contributed by atoms with Crippen LogP contribution in [0.5, 0.6) is 0 Å². The highest BCUT2D eigenvalue weighted by atomic mass is 79.9. The maximum Gasteiger partial charge on any atom is 0.417 e. The van der Waals surface area contributed by atoms with Crippen molar-refractivity contribution in [2.75, 3.05) is 11.4 Å². The highest BCUT2D eigenvalue weighted by Crippen LogP contribution is 2.46. The van der Waals surface area contributed by atoms with Gasteiger partial charge in [-0.3, -0.25) is 14.5 Å². The van der Waals surface area contributed by atoms with Gasteiger partial charge in [-0.1, -0.05) is 47.3 Å². The minimum Gasteiger partial charge on any atom is -0.348 e. The molecule has 2 amide bonds. The first kappa shape index (κ1) is 29.8. The molecule has 45 heavy (non-hydrogen) atoms. The van der Waals surface area contributed by atoms with Gasteiger partial charge < -0.3 is 9.88 Å². The van der Waals surface area contributed by atoms with Crippen molar-refractivity contribution < 1.29 is 22.8 Å². The predicted molar refractivity (Wildman–Crippen MR) is 166 cm³/mol. The van der Waals surface area contributed by atoms with Crippen LogP contribution in [0.2, 0.25) is 0 Å². The van der Waals surface area contributed by atoms with Crippen LogP contribution in [0, 0.1) is 18.8 Å². The first-order chi connectivity index (χ1) is 21.5. The fraction of sp³-hybridized carbons (Fsp3) is 0.394. The Balaban J connectivity index is 1.25. The number of hydrogen-bond donors (Lipinski definition) is 1. The second kappa shape index (κ2) is 11.1. The number of fused-ring (bicyclic) bond motifs is 3. The molecule has 3 aliphatic rings. The Morgan fingerprint density at radius 1 is 1.13 bits per heavy atom. The summed E-state index contributed by atoms with van der Waals surface area (Å²) in [6.07, 6.45) is 3.51. The summed E-state index contributed by atoms with van der Waals surface area (Å²) in [6, 6.07) is 10.5. The smallest absolute Gasteiger partial charge is 0.348 e. The number of nitrogens with zero attached hydrogens (tertiary/aromatic N) is 5. The number of imidazole rings is 1. The average Bonchev–Trinajstić information content (AvgIpc) is 3.61. The molecule has 1 saturated heterocycles. The number of likely N-dealkylation sites (tertiary alicyclic amines) is 1. The van der Waals surface area contributed by atoms with Gasteiger partial charge in [-0.15, -0.1) is 0 Å². The molecule has 0 spiro atoms. The van der Waals surface area contributed by atoms with Crippen LogP contribution in [0.4, 0.5) is 24.7 Å². The van der Waals surface area contributed by atoms with Gasteiger partial charge in [-0.2, -0.15) is 18.3 Å². The van der Waals surface area contributed by atoms with E-state index in [1.165, 1.54) is 18.6 Å².